The van der Waals surface area contributed by atoms with Gasteiger partial charge < -0.3 is 4.90 Å². The summed E-state index contributed by atoms with van der Waals surface area (Å²) in [6.07, 6.45) is 9.86. The Morgan fingerprint density at radius 2 is 2.11 bits per heavy atom. The van der Waals surface area contributed by atoms with E-state index in [1.807, 2.05) is 49.1 Å². The number of hydrogen-bond donors (Lipinski definition) is 0. The first-order valence-electron chi connectivity index (χ1n) is 6.77. The van der Waals surface area contributed by atoms with Crippen molar-refractivity contribution >= 4 is 18.1 Å². The summed E-state index contributed by atoms with van der Waals surface area (Å²) in [5.41, 5.74) is 2.65. The first kappa shape index (κ1) is 13.5. The van der Waals surface area contributed by atoms with Crippen LogP contribution in [-0.4, -0.2) is 28.9 Å². The molecule has 1 aliphatic rings. The number of carbonyl (C=O) groups excluding carboxylic acids is 1. The summed E-state index contributed by atoms with van der Waals surface area (Å²) in [5, 5.41) is 0. The van der Waals surface area contributed by atoms with Crippen LogP contribution in [0.25, 0.3) is 12.2 Å². The van der Waals surface area contributed by atoms with Crippen molar-refractivity contribution in [2.45, 2.75) is 26.7 Å². The summed E-state index contributed by atoms with van der Waals surface area (Å²) in [6.45, 7) is 5.61. The van der Waals surface area contributed by atoms with Gasteiger partial charge in [0.05, 0.1) is 5.69 Å². The number of carbonyl (C=O) groups is 1. The van der Waals surface area contributed by atoms with Crippen LogP contribution in [0.3, 0.4) is 0 Å². The largest absolute Gasteiger partial charge is 0.339 e. The minimum absolute atomic E-state index is 0.134. The molecule has 0 atom stereocenters. The Hall–Kier alpha value is -1.90. The summed E-state index contributed by atoms with van der Waals surface area (Å²) in [4.78, 5) is 18.5. The van der Waals surface area contributed by atoms with Crippen molar-refractivity contribution in [1.82, 2.24) is 9.88 Å². The maximum atomic E-state index is 12.2. The minimum atomic E-state index is 0.134. The monoisotopic (exact) mass is 256 g/mol. The van der Waals surface area contributed by atoms with E-state index in [2.05, 4.69) is 4.98 Å². The molecule has 0 saturated carbocycles. The molecule has 3 nitrogen and oxygen atoms in total. The van der Waals surface area contributed by atoms with E-state index in [9.17, 15) is 4.79 Å². The lowest BCUT2D eigenvalue weighted by Crippen LogP contribution is -2.28. The van der Waals surface area contributed by atoms with E-state index >= 15 is 0 Å². The Bertz CT molecular complexity index is 511. The number of pyridine rings is 1. The van der Waals surface area contributed by atoms with E-state index in [0.717, 1.165) is 42.8 Å². The quantitative estimate of drug-likeness (QED) is 0.778. The van der Waals surface area contributed by atoms with E-state index < -0.39 is 0 Å². The van der Waals surface area contributed by atoms with Gasteiger partial charge in [0.15, 0.2) is 0 Å². The second kappa shape index (κ2) is 6.32. The molecule has 0 spiro atoms. The van der Waals surface area contributed by atoms with Crippen LogP contribution in [0.15, 0.2) is 30.0 Å². The highest BCUT2D eigenvalue weighted by molar-refractivity contribution is 5.97. The molecule has 19 heavy (non-hydrogen) atoms. The van der Waals surface area contributed by atoms with Gasteiger partial charge in [-0.2, -0.15) is 0 Å². The molecule has 0 N–H and O–H groups in total. The lowest BCUT2D eigenvalue weighted by atomic mass is 10.1. The predicted octanol–water partition coefficient (Wildman–Crippen LogP) is 3.14. The van der Waals surface area contributed by atoms with Crippen LogP contribution >= 0.6 is 0 Å². The van der Waals surface area contributed by atoms with Gasteiger partial charge in [-0.05, 0) is 44.4 Å². The van der Waals surface area contributed by atoms with Gasteiger partial charge >= 0.3 is 0 Å². The molecule has 0 aliphatic carbocycles. The zero-order chi connectivity index (χ0) is 13.7. The van der Waals surface area contributed by atoms with Crippen molar-refractivity contribution in [2.24, 2.45) is 0 Å². The van der Waals surface area contributed by atoms with Gasteiger partial charge in [-0.1, -0.05) is 18.2 Å². The van der Waals surface area contributed by atoms with Crippen molar-refractivity contribution in [1.29, 1.82) is 0 Å². The highest BCUT2D eigenvalue weighted by atomic mass is 16.2. The molecule has 100 valence electrons. The third kappa shape index (κ3) is 3.31. The second-order valence-corrected chi connectivity index (χ2v) is 4.80. The molecular weight excluding hydrogens is 236 g/mol. The molecule has 3 heteroatoms. The zero-order valence-corrected chi connectivity index (χ0v) is 11.6. The number of allylic oxidation sites excluding steroid dienone is 1. The van der Waals surface area contributed by atoms with Crippen LogP contribution in [0.5, 0.6) is 0 Å². The lowest BCUT2D eigenvalue weighted by molar-refractivity contribution is -0.125. The van der Waals surface area contributed by atoms with Crippen LogP contribution in [0.1, 0.15) is 37.9 Å². The second-order valence-electron chi connectivity index (χ2n) is 4.80. The average molecular weight is 256 g/mol. The molecule has 1 amide bonds. The molecule has 1 aromatic heterocycles. The van der Waals surface area contributed by atoms with Gasteiger partial charge in [-0.25, -0.2) is 0 Å². The van der Waals surface area contributed by atoms with Gasteiger partial charge in [-0.15, -0.1) is 0 Å². The van der Waals surface area contributed by atoms with E-state index in [-0.39, 0.29) is 5.91 Å². The summed E-state index contributed by atoms with van der Waals surface area (Å²) in [5.74, 6) is 0.134. The summed E-state index contributed by atoms with van der Waals surface area (Å²) in [7, 11) is 0. The number of hydrogen-bond acceptors (Lipinski definition) is 2. The van der Waals surface area contributed by atoms with Crippen molar-refractivity contribution in [3.8, 4) is 0 Å². The van der Waals surface area contributed by atoms with E-state index in [1.165, 1.54) is 0 Å². The van der Waals surface area contributed by atoms with Gasteiger partial charge in [-0.3, -0.25) is 9.78 Å². The number of likely N-dealkylation sites (tertiary alicyclic amines) is 1. The zero-order valence-electron chi connectivity index (χ0n) is 11.6. The fourth-order valence-electron chi connectivity index (χ4n) is 2.31. The van der Waals surface area contributed by atoms with Gasteiger partial charge in [0.1, 0.15) is 0 Å². The van der Waals surface area contributed by atoms with Crippen LogP contribution in [0, 0.1) is 0 Å². The molecule has 1 aliphatic heterocycles. The smallest absolute Gasteiger partial charge is 0.249 e. The van der Waals surface area contributed by atoms with Crippen molar-refractivity contribution in [2.75, 3.05) is 13.1 Å². The number of aromatic nitrogens is 1. The minimum Gasteiger partial charge on any atom is -0.339 e. The van der Waals surface area contributed by atoms with Crippen molar-refractivity contribution < 1.29 is 4.79 Å². The first-order valence-corrected chi connectivity index (χ1v) is 6.77. The van der Waals surface area contributed by atoms with E-state index in [1.54, 1.807) is 6.20 Å². The van der Waals surface area contributed by atoms with Gasteiger partial charge in [0, 0.05) is 24.9 Å². The standard InChI is InChI=1S/C16H20N2O/c1-3-7-14-8-6-9-17-15(14)12-13(2)16(19)18-10-4-5-11-18/h3,6-9,12H,4-5,10-11H2,1-2H3/b7-3-,13-12+. The third-order valence-corrected chi connectivity index (χ3v) is 3.30. The molecule has 1 saturated heterocycles. The Balaban J connectivity index is 2.22. The Morgan fingerprint density at radius 1 is 1.37 bits per heavy atom. The molecule has 0 radical (unpaired) electrons. The Labute approximate surface area is 114 Å². The predicted molar refractivity (Wildman–Crippen MR) is 78.4 cm³/mol. The van der Waals surface area contributed by atoms with Crippen molar-refractivity contribution in [3.05, 3.63) is 41.2 Å². The molecule has 2 rings (SSSR count). The van der Waals surface area contributed by atoms with Crippen LogP contribution < -0.4 is 0 Å². The maximum absolute atomic E-state index is 12.2. The van der Waals surface area contributed by atoms with Crippen molar-refractivity contribution in [3.63, 3.8) is 0 Å². The molecule has 1 fully saturated rings. The van der Waals surface area contributed by atoms with E-state index in [0.29, 0.717) is 0 Å². The Kier molecular flexibility index (Phi) is 4.50. The van der Waals surface area contributed by atoms with Crippen LogP contribution in [-0.2, 0) is 4.79 Å². The molecule has 0 aromatic carbocycles. The highest BCUT2D eigenvalue weighted by Gasteiger charge is 2.19. The average Bonchev–Trinajstić information content (AvgIpc) is 2.94. The third-order valence-electron chi connectivity index (χ3n) is 3.30. The Morgan fingerprint density at radius 3 is 2.79 bits per heavy atom. The number of rotatable bonds is 3. The lowest BCUT2D eigenvalue weighted by Gasteiger charge is -2.15. The summed E-state index contributed by atoms with van der Waals surface area (Å²) >= 11 is 0. The summed E-state index contributed by atoms with van der Waals surface area (Å²) < 4.78 is 0. The number of nitrogens with zero attached hydrogens (tertiary/aromatic N) is 2. The van der Waals surface area contributed by atoms with E-state index in [4.69, 9.17) is 0 Å². The molecule has 2 heterocycles. The topological polar surface area (TPSA) is 33.2 Å². The fourth-order valence-corrected chi connectivity index (χ4v) is 2.31. The molecule has 1 aromatic rings. The first-order chi connectivity index (χ1) is 9.22. The molecule has 0 unspecified atom stereocenters. The SMILES string of the molecule is C/C=C\c1cccnc1/C=C(\C)C(=O)N1CCCC1. The normalized spacial score (nSPS) is 16.3. The van der Waals surface area contributed by atoms with Crippen LogP contribution in [0.4, 0.5) is 0 Å². The van der Waals surface area contributed by atoms with Gasteiger partial charge in [0.25, 0.3) is 0 Å². The summed E-state index contributed by atoms with van der Waals surface area (Å²) in [6, 6.07) is 3.91. The molecule has 0 bridgehead atoms. The van der Waals surface area contributed by atoms with Gasteiger partial charge in [0.2, 0.25) is 5.91 Å². The van der Waals surface area contributed by atoms with Crippen LogP contribution in [0.2, 0.25) is 0 Å². The fraction of sp³-hybridized carbons (Fsp3) is 0.375. The number of amides is 1. The highest BCUT2D eigenvalue weighted by Crippen LogP contribution is 2.16. The maximum Gasteiger partial charge on any atom is 0.249 e. The molecular formula is C16H20N2O.